The van der Waals surface area contributed by atoms with E-state index in [-0.39, 0.29) is 25.1 Å². The van der Waals surface area contributed by atoms with Crippen LogP contribution >= 0.6 is 7.82 Å². The number of hydrogen-bond acceptors (Lipinski definition) is 6. The number of likely N-dealkylation sites (N-methyl/N-ethyl adjacent to an activating group) is 1. The second-order valence-electron chi connectivity index (χ2n) is 28.6. The molecule has 528 valence electrons. The molecule has 10 heteroatoms. The van der Waals surface area contributed by atoms with Crippen LogP contribution < -0.4 is 5.32 Å². The fourth-order valence-corrected chi connectivity index (χ4v) is 13.0. The van der Waals surface area contributed by atoms with Gasteiger partial charge in [0.2, 0.25) is 5.91 Å². The summed E-state index contributed by atoms with van der Waals surface area (Å²) < 4.78 is 30.9. The molecule has 0 aliphatic rings. The molecule has 0 saturated carbocycles. The van der Waals surface area contributed by atoms with Crippen molar-refractivity contribution in [1.82, 2.24) is 5.32 Å². The fraction of sp³-hybridized carbons (Fsp3) is 0.924. The molecule has 0 aromatic heterocycles. The lowest BCUT2D eigenvalue weighted by molar-refractivity contribution is -0.870. The van der Waals surface area contributed by atoms with E-state index >= 15 is 0 Å². The molecule has 0 rings (SSSR count). The van der Waals surface area contributed by atoms with E-state index in [1.807, 2.05) is 27.2 Å². The van der Waals surface area contributed by atoms with Crippen molar-refractivity contribution in [3.63, 3.8) is 0 Å². The predicted octanol–water partition coefficient (Wildman–Crippen LogP) is 25.6. The summed E-state index contributed by atoms with van der Waals surface area (Å²) in [5.41, 5.74) is 0. The topological polar surface area (TPSA) is 111 Å². The van der Waals surface area contributed by atoms with E-state index < -0.39 is 20.0 Å². The lowest BCUT2D eigenvalue weighted by atomic mass is 10.0. The van der Waals surface area contributed by atoms with Crippen molar-refractivity contribution in [3.8, 4) is 0 Å². The summed E-state index contributed by atoms with van der Waals surface area (Å²) >= 11 is 0. The molecule has 0 bridgehead atoms. The molecule has 0 aromatic rings. The number of carbonyl (C=O) groups is 2. The third kappa shape index (κ3) is 70.6. The van der Waals surface area contributed by atoms with Gasteiger partial charge in [0, 0.05) is 12.8 Å². The summed E-state index contributed by atoms with van der Waals surface area (Å²) in [6.07, 6.45) is 86.5. The van der Waals surface area contributed by atoms with Crippen molar-refractivity contribution >= 4 is 19.7 Å². The van der Waals surface area contributed by atoms with Gasteiger partial charge in [-0.15, -0.1) is 0 Å². The zero-order valence-corrected chi connectivity index (χ0v) is 61.6. The number of unbranched alkanes of at least 4 members (excludes halogenated alkanes) is 56. The number of carbonyl (C=O) groups excluding carboxylic acids is 2. The van der Waals surface area contributed by atoms with Crippen LogP contribution in [0.5, 0.6) is 0 Å². The fourth-order valence-electron chi connectivity index (χ4n) is 12.3. The maximum absolute atomic E-state index is 13.6. The number of rotatable bonds is 74. The molecule has 2 N–H and O–H groups in total. The van der Waals surface area contributed by atoms with Crippen molar-refractivity contribution in [2.75, 3.05) is 40.9 Å². The molecule has 0 heterocycles. The third-order valence-electron chi connectivity index (χ3n) is 18.4. The summed E-state index contributed by atoms with van der Waals surface area (Å²) in [6, 6.07) is -0.843. The van der Waals surface area contributed by atoms with Gasteiger partial charge in [-0.1, -0.05) is 373 Å². The van der Waals surface area contributed by atoms with Crippen LogP contribution in [-0.4, -0.2) is 74.3 Å². The number of phosphoric acid groups is 1. The molecule has 0 radical (unpaired) electrons. The largest absolute Gasteiger partial charge is 0.472 e. The number of nitrogens with one attached hydrogen (secondary N) is 1. The lowest BCUT2D eigenvalue weighted by Gasteiger charge is -2.27. The first-order chi connectivity index (χ1) is 43.4. The summed E-state index contributed by atoms with van der Waals surface area (Å²) in [6.45, 7) is 7.09. The third-order valence-corrected chi connectivity index (χ3v) is 19.4. The number of nitrogens with zero attached hydrogens (tertiary/aromatic N) is 1. The van der Waals surface area contributed by atoms with Gasteiger partial charge in [-0.25, -0.2) is 4.57 Å². The number of amides is 1. The van der Waals surface area contributed by atoms with E-state index in [2.05, 4.69) is 44.3 Å². The second kappa shape index (κ2) is 69.3. The maximum Gasteiger partial charge on any atom is 0.472 e. The summed E-state index contributed by atoms with van der Waals surface area (Å²) in [5, 5.41) is 3.09. The second-order valence-corrected chi connectivity index (χ2v) is 30.1. The Balaban J connectivity index is 4.84. The highest BCUT2D eigenvalue weighted by Crippen LogP contribution is 2.43. The Hall–Kier alpha value is -1.51. The molecule has 0 aromatic carbocycles. The van der Waals surface area contributed by atoms with Gasteiger partial charge in [0.1, 0.15) is 19.3 Å². The molecule has 0 fully saturated rings. The molecule has 1 amide bonds. The van der Waals surface area contributed by atoms with E-state index in [4.69, 9.17) is 13.8 Å². The molecule has 0 aliphatic heterocycles. The Labute approximate surface area is 555 Å². The molecule has 0 saturated heterocycles. The standard InChI is InChI=1S/C79H155N2O7P/c1-7-10-13-16-19-22-25-27-29-31-33-35-37-39-40-42-43-45-47-49-51-53-56-59-62-65-68-71-78(82)80-76(75-87-89(84,85)86-74-73-81(4,5)6)77(70-67-64-61-58-55-24-21-18-15-12-9-3)88-79(83)72-69-66-63-60-57-54-52-50-48-46-44-41-38-36-34-32-30-28-26-23-20-17-14-11-8-2/h27,29,67,70,76-77H,7-26,28,30-66,68-69,71-75H2,1-6H3,(H-,80,82,84,85)/p+1/b29-27+,70-67+. The number of hydrogen-bond donors (Lipinski definition) is 2. The van der Waals surface area contributed by atoms with Crippen LogP contribution in [0.1, 0.15) is 419 Å². The Morgan fingerprint density at radius 2 is 0.652 bits per heavy atom. The van der Waals surface area contributed by atoms with Crippen molar-refractivity contribution in [2.45, 2.75) is 431 Å². The van der Waals surface area contributed by atoms with E-state index in [0.29, 0.717) is 23.9 Å². The first-order valence-corrected chi connectivity index (χ1v) is 41.2. The monoisotopic (exact) mass is 1280 g/mol. The molecular formula is C79H156N2O7P+. The van der Waals surface area contributed by atoms with E-state index in [0.717, 1.165) is 57.8 Å². The van der Waals surface area contributed by atoms with Gasteiger partial charge in [0.05, 0.1) is 33.8 Å². The molecule has 3 unspecified atom stereocenters. The number of ether oxygens (including phenoxy) is 1. The lowest BCUT2D eigenvalue weighted by Crippen LogP contribution is -2.47. The highest BCUT2D eigenvalue weighted by molar-refractivity contribution is 7.47. The molecule has 3 atom stereocenters. The van der Waals surface area contributed by atoms with Gasteiger partial charge in [0.25, 0.3) is 0 Å². The minimum atomic E-state index is -4.45. The van der Waals surface area contributed by atoms with Gasteiger partial charge in [-0.05, 0) is 57.4 Å². The Bertz CT molecular complexity index is 1570. The van der Waals surface area contributed by atoms with Gasteiger partial charge in [0.15, 0.2) is 0 Å². The molecular weight excluding hydrogens is 1120 g/mol. The van der Waals surface area contributed by atoms with E-state index in [1.54, 1.807) is 0 Å². The van der Waals surface area contributed by atoms with Crippen LogP contribution in [0.4, 0.5) is 0 Å². The van der Waals surface area contributed by atoms with Crippen molar-refractivity contribution < 1.29 is 37.3 Å². The van der Waals surface area contributed by atoms with E-state index in [1.165, 1.54) is 327 Å². The van der Waals surface area contributed by atoms with Crippen molar-refractivity contribution in [1.29, 1.82) is 0 Å². The highest BCUT2D eigenvalue weighted by atomic mass is 31.2. The quantitative estimate of drug-likeness (QED) is 0.0205. The number of allylic oxidation sites excluding steroid dienone is 3. The molecule has 0 aliphatic carbocycles. The van der Waals surface area contributed by atoms with E-state index in [9.17, 15) is 19.0 Å². The number of esters is 1. The van der Waals surface area contributed by atoms with Gasteiger partial charge >= 0.3 is 13.8 Å². The minimum absolute atomic E-state index is 0.0450. The average Bonchev–Trinajstić information content (AvgIpc) is 3.70. The highest BCUT2D eigenvalue weighted by Gasteiger charge is 2.30. The molecule has 0 spiro atoms. The summed E-state index contributed by atoms with van der Waals surface area (Å²) in [5.74, 6) is -0.477. The SMILES string of the molecule is CCCCCCCC/C=C/CCCCCCCCCCCCCCCCCCCC(=O)NC(COP(=O)(O)OCC[N+](C)(C)C)C(/C=C/CCCCCCCCCCC)OC(=O)CCCCCCCCCCCCCCCCCCCCCCCCCCC. The smallest absolute Gasteiger partial charge is 0.456 e. The Kier molecular flexibility index (Phi) is 68.1. The van der Waals surface area contributed by atoms with Gasteiger partial charge in [-0.3, -0.25) is 18.6 Å². The van der Waals surface area contributed by atoms with Gasteiger partial charge in [-0.2, -0.15) is 0 Å². The predicted molar refractivity (Wildman–Crippen MR) is 388 cm³/mol. The minimum Gasteiger partial charge on any atom is -0.456 e. The molecule has 89 heavy (non-hydrogen) atoms. The Morgan fingerprint density at radius 3 is 0.955 bits per heavy atom. The number of phosphoric ester groups is 1. The van der Waals surface area contributed by atoms with Crippen LogP contribution in [0.3, 0.4) is 0 Å². The summed E-state index contributed by atoms with van der Waals surface area (Å²) in [4.78, 5) is 38.0. The van der Waals surface area contributed by atoms with Crippen LogP contribution in [0.15, 0.2) is 24.3 Å². The van der Waals surface area contributed by atoms with Crippen LogP contribution in [0.2, 0.25) is 0 Å². The maximum atomic E-state index is 13.6. The normalized spacial score (nSPS) is 13.5. The first kappa shape index (κ1) is 87.5. The molecule has 9 nitrogen and oxygen atoms in total. The summed E-state index contributed by atoms with van der Waals surface area (Å²) in [7, 11) is 1.52. The average molecular weight is 1280 g/mol. The van der Waals surface area contributed by atoms with Crippen molar-refractivity contribution in [3.05, 3.63) is 24.3 Å². The first-order valence-electron chi connectivity index (χ1n) is 39.7. The van der Waals surface area contributed by atoms with Gasteiger partial charge < -0.3 is 19.4 Å². The number of quaternary nitrogens is 1. The zero-order chi connectivity index (χ0) is 64.9. The Morgan fingerprint density at radius 1 is 0.382 bits per heavy atom. The van der Waals surface area contributed by atoms with Crippen LogP contribution in [-0.2, 0) is 27.9 Å². The van der Waals surface area contributed by atoms with Crippen molar-refractivity contribution in [2.24, 2.45) is 0 Å². The van der Waals surface area contributed by atoms with Crippen LogP contribution in [0, 0.1) is 0 Å². The zero-order valence-electron chi connectivity index (χ0n) is 60.7. The van der Waals surface area contributed by atoms with Crippen LogP contribution in [0.25, 0.3) is 0 Å².